The van der Waals surface area contributed by atoms with Gasteiger partial charge in [0.2, 0.25) is 0 Å². The molecule has 0 aliphatic rings. The molecule has 0 aromatic carbocycles. The molecule has 0 aliphatic heterocycles. The van der Waals surface area contributed by atoms with Gasteiger partial charge in [0.05, 0.1) is 0 Å². The predicted octanol–water partition coefficient (Wildman–Crippen LogP) is -0.634. The summed E-state index contributed by atoms with van der Waals surface area (Å²) in [7, 11) is 0. The maximum absolute atomic E-state index is 5.32. The first-order valence-corrected chi connectivity index (χ1v) is 4.54. The quantitative estimate of drug-likeness (QED) is 0.418. The normalized spacial score (nSPS) is 11.8. The second kappa shape index (κ2) is 13.4. The van der Waals surface area contributed by atoms with Gasteiger partial charge in [-0.2, -0.15) is 0 Å². The molecule has 0 aliphatic carbocycles. The van der Waals surface area contributed by atoms with Gasteiger partial charge in [0.25, 0.3) is 0 Å². The van der Waals surface area contributed by atoms with Gasteiger partial charge in [-0.05, 0) is 45.8 Å². The van der Waals surface area contributed by atoms with Gasteiger partial charge in [0, 0.05) is 6.04 Å². The van der Waals surface area contributed by atoms with Crippen LogP contribution in [0.15, 0.2) is 0 Å². The topological polar surface area (TPSA) is 104 Å². The molecule has 4 heteroatoms. The summed E-state index contributed by atoms with van der Waals surface area (Å²) in [6.45, 7) is 4.21. The highest BCUT2D eigenvalue weighted by Gasteiger charge is 1.85. The second-order valence-corrected chi connectivity index (χ2v) is 2.84. The van der Waals surface area contributed by atoms with Crippen LogP contribution >= 0.6 is 0 Å². The Morgan fingerprint density at radius 1 is 0.917 bits per heavy atom. The molecule has 8 N–H and O–H groups in total. The molecule has 0 rings (SSSR count). The smallest absolute Gasteiger partial charge is 0.00224 e. The third-order valence-electron chi connectivity index (χ3n) is 1.28. The third-order valence-corrected chi connectivity index (χ3v) is 1.28. The number of nitrogens with two attached hydrogens (primary N) is 4. The van der Waals surface area contributed by atoms with E-state index in [1.807, 2.05) is 6.92 Å². The number of unbranched alkanes of at least 4 members (excludes halogenated alkanes) is 1. The standard InChI is InChI=1S/2C4H12N2/c1-4(6)2-3-5;5-3-1-2-4-6/h4H,2-3,5-6H2,1H3;1-6H2. The van der Waals surface area contributed by atoms with Crippen molar-refractivity contribution in [2.24, 2.45) is 22.9 Å². The van der Waals surface area contributed by atoms with E-state index in [2.05, 4.69) is 0 Å². The van der Waals surface area contributed by atoms with Crippen LogP contribution in [0.4, 0.5) is 0 Å². The lowest BCUT2D eigenvalue weighted by Crippen LogP contribution is -2.18. The van der Waals surface area contributed by atoms with Crippen LogP contribution in [0.5, 0.6) is 0 Å². The first kappa shape index (κ1) is 14.4. The summed E-state index contributed by atoms with van der Waals surface area (Å²) in [5, 5.41) is 0. The van der Waals surface area contributed by atoms with E-state index >= 15 is 0 Å². The lowest BCUT2D eigenvalue weighted by atomic mass is 10.3. The van der Waals surface area contributed by atoms with Crippen LogP contribution in [0.25, 0.3) is 0 Å². The highest BCUT2D eigenvalue weighted by atomic mass is 14.6. The van der Waals surface area contributed by atoms with Crippen LogP contribution in [-0.4, -0.2) is 25.7 Å². The van der Waals surface area contributed by atoms with Gasteiger partial charge in [-0.25, -0.2) is 0 Å². The minimum absolute atomic E-state index is 0.273. The minimum Gasteiger partial charge on any atom is -0.330 e. The van der Waals surface area contributed by atoms with Crippen molar-refractivity contribution in [1.29, 1.82) is 0 Å². The molecule has 0 radical (unpaired) electrons. The molecule has 0 spiro atoms. The van der Waals surface area contributed by atoms with Gasteiger partial charge < -0.3 is 22.9 Å². The molecule has 0 bridgehead atoms. The van der Waals surface area contributed by atoms with E-state index in [4.69, 9.17) is 22.9 Å². The molecule has 12 heavy (non-hydrogen) atoms. The molecular formula is C8H24N4. The van der Waals surface area contributed by atoms with Crippen molar-refractivity contribution in [3.8, 4) is 0 Å². The van der Waals surface area contributed by atoms with Crippen molar-refractivity contribution in [2.75, 3.05) is 19.6 Å². The van der Waals surface area contributed by atoms with Crippen molar-refractivity contribution in [3.05, 3.63) is 0 Å². The largest absolute Gasteiger partial charge is 0.330 e. The van der Waals surface area contributed by atoms with E-state index in [0.29, 0.717) is 6.54 Å². The van der Waals surface area contributed by atoms with Gasteiger partial charge >= 0.3 is 0 Å². The van der Waals surface area contributed by atoms with Crippen LogP contribution in [0, 0.1) is 0 Å². The van der Waals surface area contributed by atoms with Gasteiger partial charge in [-0.3, -0.25) is 0 Å². The van der Waals surface area contributed by atoms with Crippen LogP contribution in [0.3, 0.4) is 0 Å². The zero-order chi connectivity index (χ0) is 9.82. The lowest BCUT2D eigenvalue weighted by Gasteiger charge is -1.96. The summed E-state index contributed by atoms with van der Waals surface area (Å²) >= 11 is 0. The average Bonchev–Trinajstić information content (AvgIpc) is 2.02. The Balaban J connectivity index is 0. The molecule has 0 aromatic heterocycles. The van der Waals surface area contributed by atoms with E-state index in [1.165, 1.54) is 0 Å². The molecule has 0 saturated heterocycles. The third kappa shape index (κ3) is 22.5. The van der Waals surface area contributed by atoms with E-state index in [9.17, 15) is 0 Å². The van der Waals surface area contributed by atoms with Crippen LogP contribution in [0.1, 0.15) is 26.2 Å². The fourth-order valence-electron chi connectivity index (χ4n) is 0.552. The Kier molecular flexibility index (Phi) is 16.1. The van der Waals surface area contributed by atoms with Crippen molar-refractivity contribution in [2.45, 2.75) is 32.2 Å². The summed E-state index contributed by atoms with van der Waals surface area (Å²) in [4.78, 5) is 0. The monoisotopic (exact) mass is 176 g/mol. The zero-order valence-electron chi connectivity index (χ0n) is 8.13. The van der Waals surface area contributed by atoms with Crippen LogP contribution in [-0.2, 0) is 0 Å². The van der Waals surface area contributed by atoms with Crippen molar-refractivity contribution in [1.82, 2.24) is 0 Å². The fraction of sp³-hybridized carbons (Fsp3) is 1.00. The van der Waals surface area contributed by atoms with Crippen LogP contribution < -0.4 is 22.9 Å². The lowest BCUT2D eigenvalue weighted by molar-refractivity contribution is 0.676. The van der Waals surface area contributed by atoms with E-state index in [-0.39, 0.29) is 6.04 Å². The van der Waals surface area contributed by atoms with E-state index in [1.54, 1.807) is 0 Å². The molecule has 0 fully saturated rings. The average molecular weight is 176 g/mol. The van der Waals surface area contributed by atoms with Gasteiger partial charge in [0.1, 0.15) is 0 Å². The summed E-state index contributed by atoms with van der Waals surface area (Å²) < 4.78 is 0. The predicted molar refractivity (Wildman–Crippen MR) is 54.7 cm³/mol. The molecule has 1 atom stereocenters. The van der Waals surface area contributed by atoms with Crippen molar-refractivity contribution < 1.29 is 0 Å². The zero-order valence-corrected chi connectivity index (χ0v) is 8.13. The van der Waals surface area contributed by atoms with Gasteiger partial charge in [0.15, 0.2) is 0 Å². The Morgan fingerprint density at radius 2 is 1.33 bits per heavy atom. The van der Waals surface area contributed by atoms with E-state index < -0.39 is 0 Å². The Hall–Kier alpha value is -0.160. The molecule has 0 amide bonds. The van der Waals surface area contributed by atoms with Gasteiger partial charge in [-0.15, -0.1) is 0 Å². The fourth-order valence-corrected chi connectivity index (χ4v) is 0.552. The van der Waals surface area contributed by atoms with Gasteiger partial charge in [-0.1, -0.05) is 0 Å². The highest BCUT2D eigenvalue weighted by molar-refractivity contribution is 4.50. The molecule has 0 heterocycles. The highest BCUT2D eigenvalue weighted by Crippen LogP contribution is 1.77. The molecule has 0 saturated carbocycles. The number of rotatable bonds is 5. The second-order valence-electron chi connectivity index (χ2n) is 2.84. The summed E-state index contributed by atoms with van der Waals surface area (Å²) in [5.41, 5.74) is 20.8. The van der Waals surface area contributed by atoms with Crippen molar-refractivity contribution >= 4 is 0 Å². The first-order valence-electron chi connectivity index (χ1n) is 4.54. The molecule has 76 valence electrons. The summed E-state index contributed by atoms with van der Waals surface area (Å²) in [5.74, 6) is 0. The Labute approximate surface area is 75.7 Å². The minimum atomic E-state index is 0.273. The summed E-state index contributed by atoms with van der Waals surface area (Å²) in [6, 6.07) is 0.273. The Bertz CT molecular complexity index is 62.1. The molecule has 4 nitrogen and oxygen atoms in total. The van der Waals surface area contributed by atoms with E-state index in [0.717, 1.165) is 32.4 Å². The van der Waals surface area contributed by atoms with Crippen molar-refractivity contribution in [3.63, 3.8) is 0 Å². The number of hydrogen-bond acceptors (Lipinski definition) is 4. The first-order chi connectivity index (χ1) is 5.68. The Morgan fingerprint density at radius 3 is 1.42 bits per heavy atom. The maximum atomic E-state index is 5.32. The van der Waals surface area contributed by atoms with Crippen LogP contribution in [0.2, 0.25) is 0 Å². The molecule has 1 unspecified atom stereocenters. The number of hydrogen-bond donors (Lipinski definition) is 4. The molecule has 0 aromatic rings. The SMILES string of the molecule is CC(N)CCN.NCCCCN. The maximum Gasteiger partial charge on any atom is 0.00224 e. The molecular weight excluding hydrogens is 152 g/mol. The summed E-state index contributed by atoms with van der Waals surface area (Å²) in [6.07, 6.45) is 3.06.